The quantitative estimate of drug-likeness (QED) is 0.676. The highest BCUT2D eigenvalue weighted by atomic mass is 16.5. The Morgan fingerprint density at radius 3 is 2.86 bits per heavy atom. The van der Waals surface area contributed by atoms with Crippen molar-refractivity contribution in [1.29, 1.82) is 0 Å². The molecule has 21 heavy (non-hydrogen) atoms. The first-order valence-electron chi connectivity index (χ1n) is 6.83. The van der Waals surface area contributed by atoms with Gasteiger partial charge in [-0.3, -0.25) is 0 Å². The van der Waals surface area contributed by atoms with E-state index in [-0.39, 0.29) is 5.95 Å². The second-order valence-electron chi connectivity index (χ2n) is 4.88. The third-order valence-electron chi connectivity index (χ3n) is 2.63. The van der Waals surface area contributed by atoms with E-state index in [1.807, 2.05) is 0 Å². The van der Waals surface area contributed by atoms with Crippen LogP contribution in [0.25, 0.3) is 5.95 Å². The Morgan fingerprint density at radius 2 is 2.14 bits per heavy atom. The van der Waals surface area contributed by atoms with Crippen molar-refractivity contribution in [3.8, 4) is 5.95 Å². The molecule has 2 heterocycles. The largest absolute Gasteiger partial charge is 0.380 e. The molecule has 0 aromatic carbocycles. The van der Waals surface area contributed by atoms with Crippen LogP contribution in [0.1, 0.15) is 20.3 Å². The van der Waals surface area contributed by atoms with Crippen LogP contribution in [-0.4, -0.2) is 49.5 Å². The van der Waals surface area contributed by atoms with Gasteiger partial charge in [0.25, 0.3) is 5.95 Å². The smallest absolute Gasteiger partial charge is 0.258 e. The number of hydrogen-bond donors (Lipinski definition) is 2. The monoisotopic (exact) mass is 292 g/mol. The summed E-state index contributed by atoms with van der Waals surface area (Å²) >= 11 is 0. The number of ether oxygens (including phenoxy) is 1. The lowest BCUT2D eigenvalue weighted by atomic mass is 10.1. The fraction of sp³-hybridized carbons (Fsp3) is 0.583. The van der Waals surface area contributed by atoms with Gasteiger partial charge in [0.15, 0.2) is 0 Å². The highest BCUT2D eigenvalue weighted by molar-refractivity contribution is 5.34. The Kier molecular flexibility index (Phi) is 5.38. The summed E-state index contributed by atoms with van der Waals surface area (Å²) in [5.41, 5.74) is 5.66. The third kappa shape index (κ3) is 4.95. The number of rotatable bonds is 8. The maximum absolute atomic E-state index is 5.66. The van der Waals surface area contributed by atoms with E-state index in [0.29, 0.717) is 31.0 Å². The van der Waals surface area contributed by atoms with Crippen LogP contribution in [-0.2, 0) is 4.74 Å². The van der Waals surface area contributed by atoms with E-state index >= 15 is 0 Å². The predicted molar refractivity (Wildman–Crippen MR) is 77.9 cm³/mol. The van der Waals surface area contributed by atoms with E-state index in [0.717, 1.165) is 13.0 Å². The Labute approximate surface area is 123 Å². The summed E-state index contributed by atoms with van der Waals surface area (Å²) in [6.45, 7) is 6.26. The summed E-state index contributed by atoms with van der Waals surface area (Å²) in [7, 11) is 0. The standard InChI is InChI=1S/C12H20N8O/c1-9(2)3-5-21-6-4-15-11-17-10(13)18-12(19-11)20-8-14-7-16-20/h7-9H,3-6H2,1-2H3,(H3,13,15,17,18,19). The highest BCUT2D eigenvalue weighted by Crippen LogP contribution is 2.05. The zero-order valence-corrected chi connectivity index (χ0v) is 12.2. The molecule has 2 aromatic heterocycles. The van der Waals surface area contributed by atoms with E-state index in [4.69, 9.17) is 10.5 Å². The van der Waals surface area contributed by atoms with Crippen molar-refractivity contribution in [3.63, 3.8) is 0 Å². The van der Waals surface area contributed by atoms with Crippen LogP contribution >= 0.6 is 0 Å². The molecule has 0 atom stereocenters. The lowest BCUT2D eigenvalue weighted by Crippen LogP contribution is -2.15. The summed E-state index contributed by atoms with van der Waals surface area (Å²) in [6, 6.07) is 0. The van der Waals surface area contributed by atoms with Gasteiger partial charge >= 0.3 is 0 Å². The van der Waals surface area contributed by atoms with Crippen LogP contribution in [0.5, 0.6) is 0 Å². The van der Waals surface area contributed by atoms with Gasteiger partial charge in [0.05, 0.1) is 6.61 Å². The molecule has 0 saturated heterocycles. The summed E-state index contributed by atoms with van der Waals surface area (Å²) in [5.74, 6) is 1.48. The summed E-state index contributed by atoms with van der Waals surface area (Å²) < 4.78 is 6.93. The molecule has 2 aromatic rings. The minimum Gasteiger partial charge on any atom is -0.380 e. The van der Waals surface area contributed by atoms with Crippen LogP contribution in [0.2, 0.25) is 0 Å². The van der Waals surface area contributed by atoms with Crippen molar-refractivity contribution >= 4 is 11.9 Å². The fourth-order valence-electron chi connectivity index (χ4n) is 1.53. The van der Waals surface area contributed by atoms with Crippen molar-refractivity contribution in [2.75, 3.05) is 30.8 Å². The first-order chi connectivity index (χ1) is 10.1. The molecule has 0 saturated carbocycles. The predicted octanol–water partition coefficient (Wildman–Crippen LogP) is 0.509. The summed E-state index contributed by atoms with van der Waals surface area (Å²) in [4.78, 5) is 16.1. The van der Waals surface area contributed by atoms with Gasteiger partial charge in [-0.1, -0.05) is 13.8 Å². The molecule has 0 bridgehead atoms. The Balaban J connectivity index is 1.83. The molecule has 9 heteroatoms. The van der Waals surface area contributed by atoms with Gasteiger partial charge in [-0.2, -0.15) is 24.7 Å². The van der Waals surface area contributed by atoms with Crippen LogP contribution < -0.4 is 11.1 Å². The molecule has 0 fully saturated rings. The van der Waals surface area contributed by atoms with Crippen molar-refractivity contribution in [2.45, 2.75) is 20.3 Å². The molecule has 114 valence electrons. The minimum absolute atomic E-state index is 0.124. The van der Waals surface area contributed by atoms with E-state index in [1.165, 1.54) is 17.3 Å². The first-order valence-corrected chi connectivity index (χ1v) is 6.83. The fourth-order valence-corrected chi connectivity index (χ4v) is 1.53. The SMILES string of the molecule is CC(C)CCOCCNc1nc(N)nc(-n2cncn2)n1. The van der Waals surface area contributed by atoms with Crippen molar-refractivity contribution in [1.82, 2.24) is 29.7 Å². The van der Waals surface area contributed by atoms with Gasteiger partial charge in [-0.25, -0.2) is 4.98 Å². The van der Waals surface area contributed by atoms with Gasteiger partial charge < -0.3 is 15.8 Å². The number of nitrogens with two attached hydrogens (primary N) is 1. The molecular formula is C12H20N8O. The van der Waals surface area contributed by atoms with Gasteiger partial charge in [0, 0.05) is 13.2 Å². The lowest BCUT2D eigenvalue weighted by molar-refractivity contribution is 0.132. The minimum atomic E-state index is 0.124. The van der Waals surface area contributed by atoms with E-state index in [9.17, 15) is 0 Å². The first kappa shape index (κ1) is 15.1. The maximum Gasteiger partial charge on any atom is 0.258 e. The number of anilines is 2. The van der Waals surface area contributed by atoms with Crippen molar-refractivity contribution in [2.24, 2.45) is 5.92 Å². The van der Waals surface area contributed by atoms with Gasteiger partial charge in [0.2, 0.25) is 11.9 Å². The highest BCUT2D eigenvalue weighted by Gasteiger charge is 2.06. The summed E-state index contributed by atoms with van der Waals surface area (Å²) in [6.07, 6.45) is 3.94. The molecule has 0 unspecified atom stereocenters. The van der Waals surface area contributed by atoms with Crippen LogP contribution in [0, 0.1) is 5.92 Å². The van der Waals surface area contributed by atoms with E-state index < -0.39 is 0 Å². The number of nitrogen functional groups attached to an aromatic ring is 1. The molecule has 0 spiro atoms. The van der Waals surface area contributed by atoms with Crippen LogP contribution in [0.3, 0.4) is 0 Å². The van der Waals surface area contributed by atoms with E-state index in [1.54, 1.807) is 0 Å². The normalized spacial score (nSPS) is 11.0. The zero-order valence-electron chi connectivity index (χ0n) is 12.2. The molecule has 0 amide bonds. The average Bonchev–Trinajstić information content (AvgIpc) is 2.96. The number of nitrogens with zero attached hydrogens (tertiary/aromatic N) is 6. The van der Waals surface area contributed by atoms with E-state index in [2.05, 4.69) is 44.2 Å². The van der Waals surface area contributed by atoms with Crippen LogP contribution in [0.4, 0.5) is 11.9 Å². The summed E-state index contributed by atoms with van der Waals surface area (Å²) in [5, 5.41) is 7.00. The topological polar surface area (TPSA) is 117 Å². The molecule has 0 aliphatic heterocycles. The van der Waals surface area contributed by atoms with Crippen molar-refractivity contribution < 1.29 is 4.74 Å². The molecule has 2 rings (SSSR count). The Hall–Kier alpha value is -2.29. The third-order valence-corrected chi connectivity index (χ3v) is 2.63. The Morgan fingerprint density at radius 1 is 1.29 bits per heavy atom. The number of hydrogen-bond acceptors (Lipinski definition) is 8. The molecule has 9 nitrogen and oxygen atoms in total. The zero-order chi connectivity index (χ0) is 15.1. The van der Waals surface area contributed by atoms with Crippen LogP contribution in [0.15, 0.2) is 12.7 Å². The average molecular weight is 292 g/mol. The number of nitrogens with one attached hydrogen (secondary N) is 1. The molecule has 3 N–H and O–H groups in total. The Bertz CT molecular complexity index is 542. The van der Waals surface area contributed by atoms with Gasteiger partial charge in [-0.15, -0.1) is 0 Å². The lowest BCUT2D eigenvalue weighted by Gasteiger charge is -2.08. The van der Waals surface area contributed by atoms with Gasteiger partial charge in [-0.05, 0) is 12.3 Å². The molecular weight excluding hydrogens is 272 g/mol. The maximum atomic E-state index is 5.66. The molecule has 0 aliphatic rings. The molecule has 0 aliphatic carbocycles. The van der Waals surface area contributed by atoms with Gasteiger partial charge in [0.1, 0.15) is 12.7 Å². The molecule has 0 radical (unpaired) electrons. The number of aromatic nitrogens is 6. The van der Waals surface area contributed by atoms with Crippen molar-refractivity contribution in [3.05, 3.63) is 12.7 Å². The second kappa shape index (κ2) is 7.48. The second-order valence-corrected chi connectivity index (χ2v) is 4.88.